The Hall–Kier alpha value is -2.01. The lowest BCUT2D eigenvalue weighted by Crippen LogP contribution is -2.75. The van der Waals surface area contributed by atoms with Gasteiger partial charge in [-0.2, -0.15) is 0 Å². The molecule has 0 aromatic heterocycles. The summed E-state index contributed by atoms with van der Waals surface area (Å²) in [7, 11) is -3.87. The van der Waals surface area contributed by atoms with Crippen LogP contribution in [0.15, 0.2) is 41.6 Å². The molecule has 3 rings (SSSR count). The first kappa shape index (κ1) is 23.6. The van der Waals surface area contributed by atoms with Gasteiger partial charge in [0.15, 0.2) is 21.8 Å². The first-order chi connectivity index (χ1) is 14.4. The first-order valence-corrected chi connectivity index (χ1v) is 11.7. The molecular formula is C18H17Cl3N2O7S. The van der Waals surface area contributed by atoms with E-state index in [4.69, 9.17) is 44.3 Å². The van der Waals surface area contributed by atoms with Crippen LogP contribution >= 0.6 is 34.8 Å². The van der Waals surface area contributed by atoms with Crippen LogP contribution in [-0.4, -0.2) is 65.3 Å². The molecule has 168 valence electrons. The summed E-state index contributed by atoms with van der Waals surface area (Å²) in [4.78, 5) is 38.1. The molecule has 31 heavy (non-hydrogen) atoms. The molecule has 1 aromatic carbocycles. The van der Waals surface area contributed by atoms with E-state index in [9.17, 15) is 22.8 Å². The van der Waals surface area contributed by atoms with Gasteiger partial charge >= 0.3 is 5.97 Å². The molecule has 0 radical (unpaired) electrons. The lowest BCUT2D eigenvalue weighted by Gasteiger charge is -2.49. The van der Waals surface area contributed by atoms with E-state index < -0.39 is 61.8 Å². The molecule has 0 spiro atoms. The summed E-state index contributed by atoms with van der Waals surface area (Å²) in [5.41, 5.74) is -0.138. The van der Waals surface area contributed by atoms with Crippen LogP contribution in [0.5, 0.6) is 5.75 Å². The number of β-lactam (4-membered cyclic amide) rings is 1. The van der Waals surface area contributed by atoms with E-state index in [0.717, 1.165) is 4.90 Å². The molecule has 13 heteroatoms. The van der Waals surface area contributed by atoms with Gasteiger partial charge in [-0.05, 0) is 24.6 Å². The highest BCUT2D eigenvalue weighted by Crippen LogP contribution is 2.37. The van der Waals surface area contributed by atoms with Crippen molar-refractivity contribution in [3.05, 3.63) is 41.6 Å². The minimum absolute atomic E-state index is 0.108. The van der Waals surface area contributed by atoms with Crippen molar-refractivity contribution in [3.8, 4) is 5.75 Å². The van der Waals surface area contributed by atoms with Crippen LogP contribution in [0.4, 0.5) is 0 Å². The Morgan fingerprint density at radius 1 is 1.23 bits per heavy atom. The SMILES string of the molecule is CC1=C(C(=O)OCC(Cl)(Cl)Cl)N2C(=O)C(NC(=O)COc3ccccc3)[C@@H]2S(=O)(=O)C1. The lowest BCUT2D eigenvalue weighted by molar-refractivity contribution is -0.153. The number of para-hydroxylation sites is 1. The summed E-state index contributed by atoms with van der Waals surface area (Å²) >= 11 is 16.7. The Kier molecular flexibility index (Phi) is 6.75. The van der Waals surface area contributed by atoms with E-state index in [-0.39, 0.29) is 11.3 Å². The van der Waals surface area contributed by atoms with Gasteiger partial charge in [0.25, 0.3) is 11.8 Å². The summed E-state index contributed by atoms with van der Waals surface area (Å²) in [6.45, 7) is 0.365. The number of alkyl halides is 3. The molecule has 1 N–H and O–H groups in total. The molecule has 2 atom stereocenters. The van der Waals surface area contributed by atoms with Crippen molar-refractivity contribution in [3.63, 3.8) is 0 Å². The van der Waals surface area contributed by atoms with Crippen molar-refractivity contribution in [2.24, 2.45) is 0 Å². The minimum atomic E-state index is -3.87. The Bertz CT molecular complexity index is 1040. The summed E-state index contributed by atoms with van der Waals surface area (Å²) in [5, 5.41) is 0.905. The number of nitrogens with one attached hydrogen (secondary N) is 1. The van der Waals surface area contributed by atoms with Crippen LogP contribution in [-0.2, 0) is 29.0 Å². The number of fused-ring (bicyclic) bond motifs is 1. The molecule has 2 amide bonds. The quantitative estimate of drug-likeness (QED) is 0.348. The Labute approximate surface area is 193 Å². The zero-order valence-electron chi connectivity index (χ0n) is 16.0. The van der Waals surface area contributed by atoms with Crippen molar-refractivity contribution in [1.82, 2.24) is 10.2 Å². The van der Waals surface area contributed by atoms with E-state index in [1.165, 1.54) is 6.92 Å². The normalized spacial score (nSPS) is 22.3. The highest BCUT2D eigenvalue weighted by Gasteiger charge is 2.60. The number of hydrogen-bond donors (Lipinski definition) is 1. The van der Waals surface area contributed by atoms with E-state index in [0.29, 0.717) is 5.75 Å². The van der Waals surface area contributed by atoms with Crippen LogP contribution in [0.1, 0.15) is 6.92 Å². The van der Waals surface area contributed by atoms with Gasteiger partial charge in [-0.25, -0.2) is 13.2 Å². The molecular weight excluding hydrogens is 495 g/mol. The van der Waals surface area contributed by atoms with Crippen LogP contribution in [0.2, 0.25) is 0 Å². The predicted molar refractivity (Wildman–Crippen MR) is 112 cm³/mol. The van der Waals surface area contributed by atoms with Gasteiger partial charge in [0.1, 0.15) is 24.1 Å². The molecule has 9 nitrogen and oxygen atoms in total. The average Bonchev–Trinajstić information content (AvgIpc) is 2.68. The number of nitrogens with zero attached hydrogens (tertiary/aromatic N) is 1. The van der Waals surface area contributed by atoms with Gasteiger partial charge in [-0.1, -0.05) is 53.0 Å². The number of rotatable bonds is 6. The summed E-state index contributed by atoms with van der Waals surface area (Å²) in [6, 6.07) is 7.12. The monoisotopic (exact) mass is 510 g/mol. The maximum Gasteiger partial charge on any atom is 0.355 e. The molecule has 1 fully saturated rings. The molecule has 1 saturated heterocycles. The second-order valence-corrected chi connectivity index (χ2v) is 11.5. The van der Waals surface area contributed by atoms with E-state index >= 15 is 0 Å². The molecule has 1 aromatic rings. The highest BCUT2D eigenvalue weighted by molar-refractivity contribution is 7.92. The second-order valence-electron chi connectivity index (χ2n) is 6.87. The number of ether oxygens (including phenoxy) is 2. The number of carbonyl (C=O) groups is 3. The third kappa shape index (κ3) is 5.25. The Morgan fingerprint density at radius 3 is 2.48 bits per heavy atom. The minimum Gasteiger partial charge on any atom is -0.484 e. The van der Waals surface area contributed by atoms with Crippen LogP contribution in [0.25, 0.3) is 0 Å². The first-order valence-electron chi connectivity index (χ1n) is 8.86. The Balaban J connectivity index is 1.71. The third-order valence-corrected chi connectivity index (χ3v) is 6.85. The number of esters is 1. The number of amides is 2. The molecule has 0 aliphatic carbocycles. The maximum atomic E-state index is 12.6. The fourth-order valence-corrected chi connectivity index (χ4v) is 5.44. The van der Waals surface area contributed by atoms with Crippen LogP contribution < -0.4 is 10.1 Å². The maximum absolute atomic E-state index is 12.6. The van der Waals surface area contributed by atoms with E-state index in [2.05, 4.69) is 5.32 Å². The average molecular weight is 512 g/mol. The second kappa shape index (κ2) is 8.85. The molecule has 2 aliphatic heterocycles. The number of hydrogen-bond acceptors (Lipinski definition) is 7. The smallest absolute Gasteiger partial charge is 0.355 e. The predicted octanol–water partition coefficient (Wildman–Crippen LogP) is 1.33. The van der Waals surface area contributed by atoms with Crippen molar-refractivity contribution in [2.45, 2.75) is 22.1 Å². The van der Waals surface area contributed by atoms with Gasteiger partial charge in [-0.15, -0.1) is 0 Å². The van der Waals surface area contributed by atoms with Crippen molar-refractivity contribution in [1.29, 1.82) is 0 Å². The van der Waals surface area contributed by atoms with Gasteiger partial charge in [0.05, 0.1) is 5.75 Å². The number of benzene rings is 1. The van der Waals surface area contributed by atoms with Gasteiger partial charge in [-0.3, -0.25) is 14.5 Å². The Morgan fingerprint density at radius 2 is 1.87 bits per heavy atom. The summed E-state index contributed by atoms with van der Waals surface area (Å²) < 4.78 is 33.6. The zero-order chi connectivity index (χ0) is 23.0. The molecule has 1 unspecified atom stereocenters. The lowest BCUT2D eigenvalue weighted by atomic mass is 10.0. The van der Waals surface area contributed by atoms with Crippen molar-refractivity contribution < 1.29 is 32.3 Å². The van der Waals surface area contributed by atoms with E-state index in [1.54, 1.807) is 30.3 Å². The van der Waals surface area contributed by atoms with Crippen LogP contribution in [0, 0.1) is 0 Å². The van der Waals surface area contributed by atoms with Crippen molar-refractivity contribution in [2.75, 3.05) is 19.0 Å². The number of halogens is 3. The molecule has 0 bridgehead atoms. The van der Waals surface area contributed by atoms with Gasteiger partial charge < -0.3 is 14.8 Å². The molecule has 0 saturated carbocycles. The third-order valence-electron chi connectivity index (χ3n) is 4.46. The topological polar surface area (TPSA) is 119 Å². The molecule has 2 aliphatic rings. The zero-order valence-corrected chi connectivity index (χ0v) is 19.1. The van der Waals surface area contributed by atoms with Gasteiger partial charge in [0, 0.05) is 0 Å². The van der Waals surface area contributed by atoms with E-state index in [1.807, 2.05) is 0 Å². The fourth-order valence-electron chi connectivity index (χ4n) is 3.23. The van der Waals surface area contributed by atoms with Gasteiger partial charge in [0.2, 0.25) is 3.79 Å². The fraction of sp³-hybridized carbons (Fsp3) is 0.389. The van der Waals surface area contributed by atoms with Crippen LogP contribution in [0.3, 0.4) is 0 Å². The number of carbonyl (C=O) groups excluding carboxylic acids is 3. The standard InChI is InChI=1S/C18H17Cl3N2O7S/c1-10-8-31(27,28)16-13(22-12(24)7-29-11-5-3-2-4-6-11)15(25)23(16)14(10)17(26)30-9-18(19,20)21/h2-6,13,16H,7-9H2,1H3,(H,22,24)/t13?,16-/m0/s1. The summed E-state index contributed by atoms with van der Waals surface area (Å²) in [6.07, 6.45) is 0. The number of sulfone groups is 1. The largest absolute Gasteiger partial charge is 0.484 e. The molecule has 2 heterocycles. The van der Waals surface area contributed by atoms with Crippen molar-refractivity contribution >= 4 is 62.4 Å². The highest BCUT2D eigenvalue weighted by atomic mass is 35.6. The summed E-state index contributed by atoms with van der Waals surface area (Å²) in [5.74, 6) is -2.53.